The van der Waals surface area contributed by atoms with E-state index in [1.165, 1.54) is 6.20 Å². The summed E-state index contributed by atoms with van der Waals surface area (Å²) in [4.78, 5) is 0. The third-order valence-electron chi connectivity index (χ3n) is 2.75. The first kappa shape index (κ1) is 14.6. The summed E-state index contributed by atoms with van der Waals surface area (Å²) in [5.41, 5.74) is 1.37. The summed E-state index contributed by atoms with van der Waals surface area (Å²) in [5, 5.41) is 16.9. The first-order chi connectivity index (χ1) is 9.54. The summed E-state index contributed by atoms with van der Waals surface area (Å²) in [6, 6.07) is 0. The van der Waals surface area contributed by atoms with Crippen LogP contribution in [-0.4, -0.2) is 47.2 Å². The largest absolute Gasteiger partial charge is 0.316 e. The first-order valence-electron chi connectivity index (χ1n) is 6.07. The third kappa shape index (κ3) is 3.21. The molecular formula is C10H17N7O2S. The van der Waals surface area contributed by atoms with E-state index in [9.17, 15) is 8.42 Å². The van der Waals surface area contributed by atoms with Crippen LogP contribution in [0.1, 0.15) is 11.3 Å². The number of nitrogens with zero attached hydrogens (tertiary/aromatic N) is 4. The lowest BCUT2D eigenvalue weighted by Crippen LogP contribution is -2.29. The Balaban J connectivity index is 2.06. The van der Waals surface area contributed by atoms with Gasteiger partial charge < -0.3 is 5.32 Å². The Labute approximate surface area is 116 Å². The number of aryl methyl sites for hydroxylation is 1. The van der Waals surface area contributed by atoms with Crippen molar-refractivity contribution in [2.24, 2.45) is 0 Å². The zero-order valence-corrected chi connectivity index (χ0v) is 12.1. The predicted octanol–water partition coefficient (Wildman–Crippen LogP) is -0.992. The minimum atomic E-state index is -3.64. The zero-order valence-electron chi connectivity index (χ0n) is 11.3. The SMILES string of the molecule is CNCc1c(S(=O)(=O)NCCn2ccnn2)n[nH]c1C. The van der Waals surface area contributed by atoms with Crippen molar-refractivity contribution in [3.63, 3.8) is 0 Å². The standard InChI is InChI=1S/C10H17N7O2S/c1-8-9(7-11-2)10(15-14-8)20(18,19)13-4-6-17-5-3-12-16-17/h3,5,11,13H,4,6-7H2,1-2H3,(H,14,15). The number of hydrogen-bond donors (Lipinski definition) is 3. The van der Waals surface area contributed by atoms with Gasteiger partial charge in [-0.2, -0.15) is 5.10 Å². The van der Waals surface area contributed by atoms with Crippen LogP contribution in [0, 0.1) is 6.92 Å². The molecule has 2 aromatic rings. The number of aromatic nitrogens is 5. The van der Waals surface area contributed by atoms with Crippen molar-refractivity contribution in [2.45, 2.75) is 25.0 Å². The summed E-state index contributed by atoms with van der Waals surface area (Å²) in [7, 11) is -1.89. The molecule has 0 aliphatic rings. The highest BCUT2D eigenvalue weighted by molar-refractivity contribution is 7.89. The fourth-order valence-corrected chi connectivity index (χ4v) is 2.96. The minimum Gasteiger partial charge on any atom is -0.316 e. The highest BCUT2D eigenvalue weighted by Gasteiger charge is 2.22. The van der Waals surface area contributed by atoms with Gasteiger partial charge in [-0.3, -0.25) is 9.78 Å². The normalized spacial score (nSPS) is 11.9. The van der Waals surface area contributed by atoms with Crippen LogP contribution in [0.15, 0.2) is 17.4 Å². The Morgan fingerprint density at radius 2 is 2.25 bits per heavy atom. The molecule has 3 N–H and O–H groups in total. The van der Waals surface area contributed by atoms with Crippen LogP contribution in [0.4, 0.5) is 0 Å². The Hall–Kier alpha value is -1.78. The number of sulfonamides is 1. The summed E-state index contributed by atoms with van der Waals surface area (Å²) in [6.45, 7) is 2.84. The average molecular weight is 299 g/mol. The number of rotatable bonds is 7. The maximum Gasteiger partial charge on any atom is 0.260 e. The van der Waals surface area contributed by atoms with Gasteiger partial charge in [-0.15, -0.1) is 5.10 Å². The fraction of sp³-hybridized carbons (Fsp3) is 0.500. The number of aromatic amines is 1. The highest BCUT2D eigenvalue weighted by Crippen LogP contribution is 2.15. The second kappa shape index (κ2) is 6.11. The lowest BCUT2D eigenvalue weighted by atomic mass is 10.3. The molecule has 0 amide bonds. The van der Waals surface area contributed by atoms with E-state index in [-0.39, 0.29) is 11.6 Å². The van der Waals surface area contributed by atoms with Gasteiger partial charge in [-0.25, -0.2) is 13.1 Å². The van der Waals surface area contributed by atoms with Crippen molar-refractivity contribution >= 4 is 10.0 Å². The monoisotopic (exact) mass is 299 g/mol. The molecule has 2 rings (SSSR count). The molecule has 2 aromatic heterocycles. The van der Waals surface area contributed by atoms with Gasteiger partial charge in [0.05, 0.1) is 12.7 Å². The molecule has 110 valence electrons. The molecule has 10 heteroatoms. The molecule has 0 aliphatic heterocycles. The van der Waals surface area contributed by atoms with E-state index in [4.69, 9.17) is 0 Å². The summed E-state index contributed by atoms with van der Waals surface area (Å²) >= 11 is 0. The molecular weight excluding hydrogens is 282 g/mol. The molecule has 2 heterocycles. The summed E-state index contributed by atoms with van der Waals surface area (Å²) in [5.74, 6) is 0. The molecule has 9 nitrogen and oxygen atoms in total. The van der Waals surface area contributed by atoms with Gasteiger partial charge in [0.2, 0.25) is 0 Å². The van der Waals surface area contributed by atoms with E-state index in [2.05, 4.69) is 30.5 Å². The summed E-state index contributed by atoms with van der Waals surface area (Å²) in [6.07, 6.45) is 3.20. The van der Waals surface area contributed by atoms with Crippen LogP contribution in [-0.2, 0) is 23.1 Å². The van der Waals surface area contributed by atoms with Crippen molar-refractivity contribution < 1.29 is 8.42 Å². The van der Waals surface area contributed by atoms with Gasteiger partial charge in [0.15, 0.2) is 5.03 Å². The van der Waals surface area contributed by atoms with Crippen LogP contribution in [0.5, 0.6) is 0 Å². The fourth-order valence-electron chi connectivity index (χ4n) is 1.75. The van der Waals surface area contributed by atoms with Gasteiger partial charge in [-0.1, -0.05) is 5.21 Å². The molecule has 0 aromatic carbocycles. The van der Waals surface area contributed by atoms with Gasteiger partial charge in [0, 0.05) is 30.5 Å². The highest BCUT2D eigenvalue weighted by atomic mass is 32.2. The maximum absolute atomic E-state index is 12.2. The molecule has 0 atom stereocenters. The predicted molar refractivity (Wildman–Crippen MR) is 71.3 cm³/mol. The van der Waals surface area contributed by atoms with Crippen molar-refractivity contribution in [1.82, 2.24) is 35.2 Å². The molecule has 0 saturated heterocycles. The topological polar surface area (TPSA) is 118 Å². The van der Waals surface area contributed by atoms with E-state index < -0.39 is 10.0 Å². The molecule has 0 bridgehead atoms. The van der Waals surface area contributed by atoms with Crippen molar-refractivity contribution in [3.8, 4) is 0 Å². The third-order valence-corrected chi connectivity index (χ3v) is 4.18. The first-order valence-corrected chi connectivity index (χ1v) is 7.55. The molecule has 0 fully saturated rings. The molecule has 0 aliphatic carbocycles. The lowest BCUT2D eigenvalue weighted by molar-refractivity contribution is 0.549. The molecule has 0 radical (unpaired) electrons. The Kier molecular flexibility index (Phi) is 4.47. The molecule has 0 spiro atoms. The van der Waals surface area contributed by atoms with Crippen molar-refractivity contribution in [2.75, 3.05) is 13.6 Å². The van der Waals surface area contributed by atoms with Gasteiger partial charge in [-0.05, 0) is 14.0 Å². The van der Waals surface area contributed by atoms with Gasteiger partial charge >= 0.3 is 0 Å². The number of nitrogens with one attached hydrogen (secondary N) is 3. The van der Waals surface area contributed by atoms with E-state index in [1.54, 1.807) is 24.9 Å². The quantitative estimate of drug-likeness (QED) is 0.604. The van der Waals surface area contributed by atoms with E-state index in [1.807, 2.05) is 0 Å². The van der Waals surface area contributed by atoms with E-state index in [0.717, 1.165) is 5.69 Å². The van der Waals surface area contributed by atoms with Crippen LogP contribution in [0.25, 0.3) is 0 Å². The Morgan fingerprint density at radius 1 is 1.45 bits per heavy atom. The average Bonchev–Trinajstić information content (AvgIpc) is 3.01. The molecule has 0 saturated carbocycles. The number of hydrogen-bond acceptors (Lipinski definition) is 6. The molecule has 20 heavy (non-hydrogen) atoms. The maximum atomic E-state index is 12.2. The Bertz CT molecular complexity index is 647. The Morgan fingerprint density at radius 3 is 2.90 bits per heavy atom. The van der Waals surface area contributed by atoms with Crippen LogP contribution in [0.3, 0.4) is 0 Å². The van der Waals surface area contributed by atoms with Crippen LogP contribution >= 0.6 is 0 Å². The zero-order chi connectivity index (χ0) is 14.6. The number of H-pyrrole nitrogens is 1. The van der Waals surface area contributed by atoms with E-state index in [0.29, 0.717) is 18.7 Å². The van der Waals surface area contributed by atoms with Crippen LogP contribution < -0.4 is 10.0 Å². The second-order valence-electron chi connectivity index (χ2n) is 4.23. The van der Waals surface area contributed by atoms with Crippen molar-refractivity contribution in [1.29, 1.82) is 0 Å². The minimum absolute atomic E-state index is 0.0305. The van der Waals surface area contributed by atoms with Gasteiger partial charge in [0.1, 0.15) is 0 Å². The summed E-state index contributed by atoms with van der Waals surface area (Å²) < 4.78 is 28.5. The second-order valence-corrected chi connectivity index (χ2v) is 5.91. The lowest BCUT2D eigenvalue weighted by Gasteiger charge is -2.06. The molecule has 0 unspecified atom stereocenters. The van der Waals surface area contributed by atoms with E-state index >= 15 is 0 Å². The van der Waals surface area contributed by atoms with Gasteiger partial charge in [0.25, 0.3) is 10.0 Å². The van der Waals surface area contributed by atoms with Crippen LogP contribution in [0.2, 0.25) is 0 Å². The van der Waals surface area contributed by atoms with Crippen molar-refractivity contribution in [3.05, 3.63) is 23.7 Å². The smallest absolute Gasteiger partial charge is 0.260 e.